The number of hydrogen-bond donors (Lipinski definition) is 0. The molecule has 1 heterocycles. The molecular formula is C17H11NO7. The molecule has 25 heavy (non-hydrogen) atoms. The van der Waals surface area contributed by atoms with Gasteiger partial charge in [0, 0.05) is 18.2 Å². The minimum atomic E-state index is -0.894. The van der Waals surface area contributed by atoms with E-state index in [0.29, 0.717) is 17.1 Å². The van der Waals surface area contributed by atoms with Crippen molar-refractivity contribution in [2.24, 2.45) is 0 Å². The Labute approximate surface area is 141 Å². The third-order valence-electron chi connectivity index (χ3n) is 3.29. The van der Waals surface area contributed by atoms with E-state index < -0.39 is 16.9 Å². The third-order valence-corrected chi connectivity index (χ3v) is 3.29. The second-order valence-electron chi connectivity index (χ2n) is 4.96. The van der Waals surface area contributed by atoms with Crippen LogP contribution in [0, 0.1) is 10.1 Å². The average Bonchev–Trinajstić information content (AvgIpc) is 3.07. The number of ether oxygens (including phenoxy) is 3. The molecule has 0 aromatic heterocycles. The van der Waals surface area contributed by atoms with Gasteiger partial charge in [0.15, 0.2) is 11.5 Å². The van der Waals surface area contributed by atoms with Gasteiger partial charge in [-0.05, 0) is 29.8 Å². The monoisotopic (exact) mass is 341 g/mol. The van der Waals surface area contributed by atoms with Crippen LogP contribution in [0.4, 0.5) is 5.69 Å². The number of nitrogens with zero attached hydrogens (tertiary/aromatic N) is 1. The number of carbonyl (C=O) groups is 2. The molecule has 126 valence electrons. The number of non-ortho nitro benzene ring substituents is 1. The quantitative estimate of drug-likeness (QED) is 0.277. The summed E-state index contributed by atoms with van der Waals surface area (Å²) in [5.74, 6) is -0.830. The summed E-state index contributed by atoms with van der Waals surface area (Å²) in [6.45, 7) is 0.0682. The van der Waals surface area contributed by atoms with Gasteiger partial charge in [0.05, 0.1) is 10.5 Å². The highest BCUT2D eigenvalue weighted by Crippen LogP contribution is 2.32. The van der Waals surface area contributed by atoms with Crippen molar-refractivity contribution < 1.29 is 28.7 Å². The lowest BCUT2D eigenvalue weighted by Gasteiger charge is -2.02. The van der Waals surface area contributed by atoms with Crippen LogP contribution in [0.3, 0.4) is 0 Å². The van der Waals surface area contributed by atoms with Crippen LogP contribution in [0.25, 0.3) is 6.08 Å². The summed E-state index contributed by atoms with van der Waals surface area (Å²) in [5, 5.41) is 10.7. The van der Waals surface area contributed by atoms with E-state index >= 15 is 0 Å². The van der Waals surface area contributed by atoms with Crippen LogP contribution in [0.1, 0.15) is 15.9 Å². The number of hydrogen-bond acceptors (Lipinski definition) is 7. The van der Waals surface area contributed by atoms with Crippen LogP contribution in [0.5, 0.6) is 11.5 Å². The molecule has 0 N–H and O–H groups in total. The summed E-state index contributed by atoms with van der Waals surface area (Å²) in [5.41, 5.74) is 0.468. The van der Waals surface area contributed by atoms with E-state index in [4.69, 9.17) is 14.2 Å². The Morgan fingerprint density at radius 2 is 1.92 bits per heavy atom. The molecule has 3 rings (SSSR count). The van der Waals surface area contributed by atoms with Crippen molar-refractivity contribution in [3.8, 4) is 11.5 Å². The zero-order chi connectivity index (χ0) is 17.8. The van der Waals surface area contributed by atoms with Gasteiger partial charge in [-0.1, -0.05) is 12.1 Å². The maximum atomic E-state index is 11.9. The molecule has 0 bridgehead atoms. The molecule has 0 atom stereocenters. The Bertz CT molecular complexity index is 888. The summed E-state index contributed by atoms with van der Waals surface area (Å²) < 4.78 is 15.0. The predicted molar refractivity (Wildman–Crippen MR) is 85.1 cm³/mol. The molecule has 8 heteroatoms. The standard InChI is InChI=1S/C17H11NO7/c19-16(7-4-11-2-1-3-13(8-11)18(21)22)25-17(20)12-5-6-14-15(9-12)24-10-23-14/h1-9H,10H2/b7-4+. The van der Waals surface area contributed by atoms with Crippen LogP contribution in [-0.2, 0) is 9.53 Å². The van der Waals surface area contributed by atoms with Gasteiger partial charge < -0.3 is 14.2 Å². The molecule has 0 saturated carbocycles. The van der Waals surface area contributed by atoms with E-state index in [1.807, 2.05) is 0 Å². The van der Waals surface area contributed by atoms with Gasteiger partial charge in [0.1, 0.15) is 0 Å². The summed E-state index contributed by atoms with van der Waals surface area (Å²) in [6.07, 6.45) is 2.34. The van der Waals surface area contributed by atoms with E-state index in [0.717, 1.165) is 6.08 Å². The van der Waals surface area contributed by atoms with Crippen molar-refractivity contribution >= 4 is 23.7 Å². The van der Waals surface area contributed by atoms with Crippen LogP contribution in [0.2, 0.25) is 0 Å². The van der Waals surface area contributed by atoms with Crippen molar-refractivity contribution in [2.75, 3.05) is 6.79 Å². The number of rotatable bonds is 4. The van der Waals surface area contributed by atoms with Crippen LogP contribution in [-0.4, -0.2) is 23.7 Å². The number of nitro groups is 1. The number of carbonyl (C=O) groups excluding carboxylic acids is 2. The Kier molecular flexibility index (Phi) is 4.42. The molecule has 0 unspecified atom stereocenters. The molecule has 2 aromatic carbocycles. The third kappa shape index (κ3) is 3.81. The molecule has 1 aliphatic rings. The topological polar surface area (TPSA) is 105 Å². The molecular weight excluding hydrogens is 330 g/mol. The second kappa shape index (κ2) is 6.83. The van der Waals surface area contributed by atoms with Gasteiger partial charge >= 0.3 is 11.9 Å². The van der Waals surface area contributed by atoms with Crippen molar-refractivity contribution in [1.82, 2.24) is 0 Å². The summed E-state index contributed by atoms with van der Waals surface area (Å²) in [4.78, 5) is 33.8. The first kappa shape index (κ1) is 16.2. The van der Waals surface area contributed by atoms with Gasteiger partial charge in [-0.25, -0.2) is 9.59 Å². The van der Waals surface area contributed by atoms with Crippen molar-refractivity contribution in [1.29, 1.82) is 0 Å². The minimum Gasteiger partial charge on any atom is -0.454 e. The number of nitro benzene ring substituents is 1. The highest BCUT2D eigenvalue weighted by atomic mass is 16.7. The van der Waals surface area contributed by atoms with Gasteiger partial charge in [-0.2, -0.15) is 0 Å². The molecule has 0 amide bonds. The van der Waals surface area contributed by atoms with E-state index in [1.165, 1.54) is 36.4 Å². The number of benzene rings is 2. The smallest absolute Gasteiger partial charge is 0.346 e. The minimum absolute atomic E-state index is 0.0682. The van der Waals surface area contributed by atoms with Crippen molar-refractivity contribution in [3.63, 3.8) is 0 Å². The van der Waals surface area contributed by atoms with E-state index in [1.54, 1.807) is 12.1 Å². The van der Waals surface area contributed by atoms with Crippen LogP contribution < -0.4 is 9.47 Å². The van der Waals surface area contributed by atoms with Gasteiger partial charge in [-0.3, -0.25) is 10.1 Å². The fraction of sp³-hybridized carbons (Fsp3) is 0.0588. The van der Waals surface area contributed by atoms with E-state index in [2.05, 4.69) is 0 Å². The fourth-order valence-corrected chi connectivity index (χ4v) is 2.11. The average molecular weight is 341 g/mol. The van der Waals surface area contributed by atoms with Gasteiger partial charge in [-0.15, -0.1) is 0 Å². The first-order valence-corrected chi connectivity index (χ1v) is 7.11. The first-order valence-electron chi connectivity index (χ1n) is 7.11. The molecule has 0 spiro atoms. The molecule has 2 aromatic rings. The summed E-state index contributed by atoms with van der Waals surface area (Å²) >= 11 is 0. The first-order chi connectivity index (χ1) is 12.0. The highest BCUT2D eigenvalue weighted by Gasteiger charge is 2.18. The van der Waals surface area contributed by atoms with Crippen LogP contribution in [0.15, 0.2) is 48.5 Å². The maximum Gasteiger partial charge on any atom is 0.346 e. The molecule has 0 fully saturated rings. The van der Waals surface area contributed by atoms with Gasteiger partial charge in [0.2, 0.25) is 6.79 Å². The lowest BCUT2D eigenvalue weighted by Crippen LogP contribution is -2.10. The largest absolute Gasteiger partial charge is 0.454 e. The Hall–Kier alpha value is -3.68. The molecule has 0 saturated heterocycles. The fourth-order valence-electron chi connectivity index (χ4n) is 2.11. The zero-order valence-corrected chi connectivity index (χ0v) is 12.7. The van der Waals surface area contributed by atoms with E-state index in [-0.39, 0.29) is 18.0 Å². The lowest BCUT2D eigenvalue weighted by atomic mass is 10.2. The van der Waals surface area contributed by atoms with Crippen molar-refractivity contribution in [2.45, 2.75) is 0 Å². The van der Waals surface area contributed by atoms with Crippen LogP contribution >= 0.6 is 0 Å². The second-order valence-corrected chi connectivity index (χ2v) is 4.96. The highest BCUT2D eigenvalue weighted by molar-refractivity contribution is 6.01. The zero-order valence-electron chi connectivity index (χ0n) is 12.7. The Morgan fingerprint density at radius 1 is 1.12 bits per heavy atom. The summed E-state index contributed by atoms with van der Waals surface area (Å²) in [7, 11) is 0. The Morgan fingerprint density at radius 3 is 2.72 bits per heavy atom. The normalized spacial score (nSPS) is 12.2. The lowest BCUT2D eigenvalue weighted by molar-refractivity contribution is -0.384. The molecule has 1 aliphatic heterocycles. The molecule has 8 nitrogen and oxygen atoms in total. The number of fused-ring (bicyclic) bond motifs is 1. The number of esters is 2. The van der Waals surface area contributed by atoms with E-state index in [9.17, 15) is 19.7 Å². The van der Waals surface area contributed by atoms with Crippen molar-refractivity contribution in [3.05, 3.63) is 69.8 Å². The SMILES string of the molecule is O=C(/C=C/c1cccc([N+](=O)[O-])c1)OC(=O)c1ccc2c(c1)OCO2. The predicted octanol–water partition coefficient (Wildman–Crippen LogP) is 2.72. The Balaban J connectivity index is 1.65. The summed E-state index contributed by atoms with van der Waals surface area (Å²) in [6, 6.07) is 10.1. The molecule has 0 aliphatic carbocycles. The maximum absolute atomic E-state index is 11.9. The van der Waals surface area contributed by atoms with Gasteiger partial charge in [0.25, 0.3) is 5.69 Å². The molecule has 0 radical (unpaired) electrons.